The summed E-state index contributed by atoms with van der Waals surface area (Å²) in [5, 5.41) is 10.1. The molecule has 3 heterocycles. The maximum Gasteiger partial charge on any atom is 0.407 e. The molecule has 0 saturated heterocycles. The summed E-state index contributed by atoms with van der Waals surface area (Å²) in [6.07, 6.45) is 6.09. The summed E-state index contributed by atoms with van der Waals surface area (Å²) < 4.78 is 12.3. The molecule has 1 aliphatic rings. The van der Waals surface area contributed by atoms with Crippen molar-refractivity contribution in [3.05, 3.63) is 36.2 Å². The van der Waals surface area contributed by atoms with Gasteiger partial charge in [-0.3, -0.25) is 4.79 Å². The number of hydrogen-bond donors (Lipinski definition) is 3. The van der Waals surface area contributed by atoms with E-state index in [0.29, 0.717) is 17.6 Å². The quantitative estimate of drug-likeness (QED) is 0.504. The van der Waals surface area contributed by atoms with E-state index < -0.39 is 11.7 Å². The van der Waals surface area contributed by atoms with Gasteiger partial charge < -0.3 is 25.8 Å². The highest BCUT2D eigenvalue weighted by Crippen LogP contribution is 2.26. The lowest BCUT2D eigenvalue weighted by Crippen LogP contribution is -2.47. The van der Waals surface area contributed by atoms with Crippen LogP contribution in [0.3, 0.4) is 0 Å². The Kier molecular flexibility index (Phi) is 6.77. The number of pyridine rings is 2. The minimum Gasteiger partial charge on any atom is -0.480 e. The molecule has 186 valence electrons. The van der Waals surface area contributed by atoms with Crippen molar-refractivity contribution in [2.75, 3.05) is 12.8 Å². The first-order chi connectivity index (χ1) is 16.6. The van der Waals surface area contributed by atoms with Crippen LogP contribution < -0.4 is 21.1 Å². The van der Waals surface area contributed by atoms with Crippen molar-refractivity contribution in [1.82, 2.24) is 30.2 Å². The van der Waals surface area contributed by atoms with Gasteiger partial charge >= 0.3 is 6.09 Å². The van der Waals surface area contributed by atoms with Crippen molar-refractivity contribution >= 4 is 23.6 Å². The van der Waals surface area contributed by atoms with Gasteiger partial charge in [0.1, 0.15) is 11.2 Å². The third-order valence-corrected chi connectivity index (χ3v) is 5.71. The Morgan fingerprint density at radius 3 is 2.60 bits per heavy atom. The van der Waals surface area contributed by atoms with Crippen LogP contribution in [-0.2, 0) is 4.74 Å². The normalized spacial score (nSPS) is 18.2. The van der Waals surface area contributed by atoms with E-state index in [4.69, 9.17) is 15.2 Å². The lowest BCUT2D eigenvalue weighted by atomic mass is 9.91. The monoisotopic (exact) mass is 481 g/mol. The number of alkyl carbamates (subject to hydrolysis) is 1. The fraction of sp³-hybridized carbons (Fsp3) is 0.458. The highest BCUT2D eigenvalue weighted by atomic mass is 16.6. The van der Waals surface area contributed by atoms with Gasteiger partial charge in [0.05, 0.1) is 7.11 Å². The standard InChI is InChI=1S/C24H31N7O4/c1-24(2,3)35-23(33)28-17-7-5-6-16(12-17)27-20(32)18-10-15(13-26-21(18)34-4)14-8-9-31-19(11-14)29-22(25)30-31/h8-11,13,16-17H,5-7,12H2,1-4H3,(H2,25,30)(H,27,32)(H,28,33). The van der Waals surface area contributed by atoms with Crippen molar-refractivity contribution in [2.24, 2.45) is 0 Å². The molecule has 2 unspecified atom stereocenters. The number of nitrogen functional groups attached to an aromatic ring is 1. The zero-order valence-corrected chi connectivity index (χ0v) is 20.4. The average molecular weight is 482 g/mol. The molecule has 35 heavy (non-hydrogen) atoms. The molecule has 3 aromatic heterocycles. The highest BCUT2D eigenvalue weighted by molar-refractivity contribution is 5.97. The summed E-state index contributed by atoms with van der Waals surface area (Å²) in [4.78, 5) is 33.9. The fourth-order valence-corrected chi connectivity index (χ4v) is 4.20. The van der Waals surface area contributed by atoms with Crippen LogP contribution in [0.2, 0.25) is 0 Å². The van der Waals surface area contributed by atoms with Gasteiger partial charge in [-0.2, -0.15) is 4.98 Å². The molecule has 3 aromatic rings. The van der Waals surface area contributed by atoms with Crippen LogP contribution in [0.25, 0.3) is 16.8 Å². The van der Waals surface area contributed by atoms with Crippen LogP contribution in [0.5, 0.6) is 5.88 Å². The second-order valence-corrected chi connectivity index (χ2v) is 9.65. The summed E-state index contributed by atoms with van der Waals surface area (Å²) >= 11 is 0. The minimum absolute atomic E-state index is 0.0717. The molecule has 0 aliphatic heterocycles. The molecule has 1 saturated carbocycles. The number of amides is 2. The maximum atomic E-state index is 13.2. The van der Waals surface area contributed by atoms with Gasteiger partial charge in [-0.15, -0.1) is 5.10 Å². The van der Waals surface area contributed by atoms with Gasteiger partial charge in [0.2, 0.25) is 11.8 Å². The number of carbonyl (C=O) groups excluding carboxylic acids is 2. The fourth-order valence-electron chi connectivity index (χ4n) is 4.20. The zero-order chi connectivity index (χ0) is 25.2. The number of aromatic nitrogens is 4. The minimum atomic E-state index is -0.563. The van der Waals surface area contributed by atoms with Gasteiger partial charge in [0.15, 0.2) is 5.65 Å². The number of methoxy groups -OCH3 is 1. The molecule has 4 rings (SSSR count). The molecule has 2 atom stereocenters. The van der Waals surface area contributed by atoms with Crippen LogP contribution in [0.15, 0.2) is 30.6 Å². The number of anilines is 1. The van der Waals surface area contributed by atoms with E-state index in [0.717, 1.165) is 30.4 Å². The lowest BCUT2D eigenvalue weighted by Gasteiger charge is -2.31. The predicted octanol–water partition coefficient (Wildman–Crippen LogP) is 2.95. The number of hydrogen-bond acceptors (Lipinski definition) is 8. The Morgan fingerprint density at radius 2 is 1.89 bits per heavy atom. The van der Waals surface area contributed by atoms with E-state index >= 15 is 0 Å². The number of nitrogens with two attached hydrogens (primary N) is 1. The van der Waals surface area contributed by atoms with Crippen LogP contribution in [-0.4, -0.2) is 56.4 Å². The number of nitrogens with one attached hydrogen (secondary N) is 2. The van der Waals surface area contributed by atoms with Gasteiger partial charge in [0.25, 0.3) is 5.91 Å². The molecule has 0 aromatic carbocycles. The topological polar surface area (TPSA) is 146 Å². The van der Waals surface area contributed by atoms with E-state index in [2.05, 4.69) is 25.7 Å². The second-order valence-electron chi connectivity index (χ2n) is 9.65. The Morgan fingerprint density at radius 1 is 1.14 bits per heavy atom. The van der Waals surface area contributed by atoms with E-state index in [-0.39, 0.29) is 29.8 Å². The average Bonchev–Trinajstić information content (AvgIpc) is 3.16. The molecule has 11 nitrogen and oxygen atoms in total. The summed E-state index contributed by atoms with van der Waals surface area (Å²) in [5.41, 5.74) is 7.58. The third-order valence-electron chi connectivity index (χ3n) is 5.71. The number of rotatable bonds is 5. The number of ether oxygens (including phenoxy) is 2. The van der Waals surface area contributed by atoms with Crippen molar-refractivity contribution in [2.45, 2.75) is 64.1 Å². The van der Waals surface area contributed by atoms with Crippen LogP contribution in [0, 0.1) is 0 Å². The predicted molar refractivity (Wildman–Crippen MR) is 130 cm³/mol. The van der Waals surface area contributed by atoms with E-state index in [1.54, 1.807) is 23.0 Å². The maximum absolute atomic E-state index is 13.2. The van der Waals surface area contributed by atoms with Gasteiger partial charge in [-0.1, -0.05) is 0 Å². The molecular formula is C24H31N7O4. The Balaban J connectivity index is 1.47. The first kappa shape index (κ1) is 24.2. The lowest BCUT2D eigenvalue weighted by molar-refractivity contribution is 0.0489. The van der Waals surface area contributed by atoms with Gasteiger partial charge in [0, 0.05) is 30.0 Å². The molecule has 4 N–H and O–H groups in total. The first-order valence-electron chi connectivity index (χ1n) is 11.6. The van der Waals surface area contributed by atoms with E-state index in [1.165, 1.54) is 7.11 Å². The molecule has 11 heteroatoms. The Labute approximate surface area is 203 Å². The molecule has 0 radical (unpaired) electrons. The first-order valence-corrected chi connectivity index (χ1v) is 11.6. The molecule has 1 fully saturated rings. The molecule has 1 aliphatic carbocycles. The van der Waals surface area contributed by atoms with Crippen LogP contribution in [0.4, 0.5) is 10.7 Å². The third kappa shape index (κ3) is 5.97. The Hall–Kier alpha value is -3.89. The molecule has 2 amide bonds. The second kappa shape index (κ2) is 9.77. The summed E-state index contributed by atoms with van der Waals surface area (Å²) in [7, 11) is 1.48. The van der Waals surface area contributed by atoms with Crippen molar-refractivity contribution in [3.63, 3.8) is 0 Å². The van der Waals surface area contributed by atoms with E-state index in [1.807, 2.05) is 32.9 Å². The highest BCUT2D eigenvalue weighted by Gasteiger charge is 2.27. The molecular weight excluding hydrogens is 450 g/mol. The van der Waals surface area contributed by atoms with Gasteiger partial charge in [-0.05, 0) is 70.2 Å². The summed E-state index contributed by atoms with van der Waals surface area (Å²) in [6.45, 7) is 5.48. The number of nitrogens with zero attached hydrogens (tertiary/aromatic N) is 4. The SMILES string of the molecule is COc1ncc(-c2ccn3nc(N)nc3c2)cc1C(=O)NC1CCCC(NC(=O)OC(C)(C)C)C1. The van der Waals surface area contributed by atoms with Crippen molar-refractivity contribution in [3.8, 4) is 17.0 Å². The zero-order valence-electron chi connectivity index (χ0n) is 20.4. The summed E-state index contributed by atoms with van der Waals surface area (Å²) in [5.74, 6) is 0.132. The van der Waals surface area contributed by atoms with E-state index in [9.17, 15) is 9.59 Å². The van der Waals surface area contributed by atoms with Crippen molar-refractivity contribution in [1.29, 1.82) is 0 Å². The summed E-state index contributed by atoms with van der Waals surface area (Å²) in [6, 6.07) is 5.24. The number of carbonyl (C=O) groups is 2. The van der Waals surface area contributed by atoms with Crippen LogP contribution in [0.1, 0.15) is 56.8 Å². The Bertz CT molecular complexity index is 1230. The van der Waals surface area contributed by atoms with Gasteiger partial charge in [-0.25, -0.2) is 14.3 Å². The van der Waals surface area contributed by atoms with Crippen LogP contribution >= 0.6 is 0 Å². The smallest absolute Gasteiger partial charge is 0.407 e. The number of fused-ring (bicyclic) bond motifs is 1. The molecule has 0 spiro atoms. The van der Waals surface area contributed by atoms with Crippen molar-refractivity contribution < 1.29 is 19.1 Å². The largest absolute Gasteiger partial charge is 0.480 e. The molecule has 0 bridgehead atoms.